The third kappa shape index (κ3) is 2.55. The summed E-state index contributed by atoms with van der Waals surface area (Å²) in [6.45, 7) is 1.99. The molecule has 0 aliphatic rings. The molecule has 0 radical (unpaired) electrons. The van der Waals surface area contributed by atoms with E-state index in [1.54, 1.807) is 6.07 Å². The summed E-state index contributed by atoms with van der Waals surface area (Å²) >= 11 is 6.85. The standard InChI is InChI=1S/C13H11ClF2OS/c1-2-7-3-4-12(18-7)13(17)8-5-11(16)9(14)6-10(8)15/h3-6,13,17H,2H2,1H3. The predicted molar refractivity (Wildman–Crippen MR) is 69.1 cm³/mol. The Morgan fingerprint density at radius 1 is 1.28 bits per heavy atom. The van der Waals surface area contributed by atoms with Crippen LogP contribution in [0.15, 0.2) is 24.3 Å². The van der Waals surface area contributed by atoms with Crippen LogP contribution in [0.2, 0.25) is 5.02 Å². The average Bonchev–Trinajstić information content (AvgIpc) is 2.81. The molecule has 0 amide bonds. The summed E-state index contributed by atoms with van der Waals surface area (Å²) in [5.74, 6) is -1.44. The Bertz CT molecular complexity index is 568. The molecule has 1 N–H and O–H groups in total. The molecule has 2 rings (SSSR count). The molecule has 1 heterocycles. The Morgan fingerprint density at radius 3 is 2.61 bits per heavy atom. The van der Waals surface area contributed by atoms with Crippen molar-refractivity contribution in [2.45, 2.75) is 19.4 Å². The molecule has 18 heavy (non-hydrogen) atoms. The van der Waals surface area contributed by atoms with Crippen LogP contribution in [-0.4, -0.2) is 5.11 Å². The summed E-state index contributed by atoms with van der Waals surface area (Å²) in [5.41, 5.74) is -0.0959. The fourth-order valence-corrected chi connectivity index (χ4v) is 2.74. The second-order valence-electron chi connectivity index (χ2n) is 3.85. The number of thiophene rings is 1. The van der Waals surface area contributed by atoms with E-state index in [1.807, 2.05) is 13.0 Å². The molecule has 2 aromatic rings. The average molecular weight is 289 g/mol. The smallest absolute Gasteiger partial charge is 0.142 e. The van der Waals surface area contributed by atoms with Gasteiger partial charge in [0.1, 0.15) is 17.7 Å². The summed E-state index contributed by atoms with van der Waals surface area (Å²) in [4.78, 5) is 1.67. The predicted octanol–water partition coefficient (Wildman–Crippen LogP) is 4.32. The molecule has 0 aliphatic heterocycles. The van der Waals surface area contributed by atoms with Gasteiger partial charge in [0.2, 0.25) is 0 Å². The van der Waals surface area contributed by atoms with Crippen molar-refractivity contribution in [3.63, 3.8) is 0 Å². The second kappa shape index (κ2) is 5.34. The second-order valence-corrected chi connectivity index (χ2v) is 5.46. The molecule has 1 aromatic heterocycles. The minimum atomic E-state index is -1.16. The maximum atomic E-state index is 13.6. The van der Waals surface area contributed by atoms with E-state index in [2.05, 4.69) is 0 Å². The minimum Gasteiger partial charge on any atom is -0.383 e. The number of hydrogen-bond acceptors (Lipinski definition) is 2. The largest absolute Gasteiger partial charge is 0.383 e. The summed E-state index contributed by atoms with van der Waals surface area (Å²) in [6.07, 6.45) is -0.323. The van der Waals surface area contributed by atoms with Crippen molar-refractivity contribution < 1.29 is 13.9 Å². The first kappa shape index (κ1) is 13.5. The third-order valence-corrected chi connectivity index (χ3v) is 4.21. The molecule has 1 nitrogen and oxygen atoms in total. The van der Waals surface area contributed by atoms with Crippen LogP contribution in [0, 0.1) is 11.6 Å². The first-order chi connectivity index (χ1) is 8.52. The van der Waals surface area contributed by atoms with Crippen LogP contribution in [0.25, 0.3) is 0 Å². The highest BCUT2D eigenvalue weighted by Crippen LogP contribution is 2.32. The monoisotopic (exact) mass is 288 g/mol. The van der Waals surface area contributed by atoms with Crippen molar-refractivity contribution in [3.8, 4) is 0 Å². The van der Waals surface area contributed by atoms with Gasteiger partial charge in [0.25, 0.3) is 0 Å². The first-order valence-corrected chi connectivity index (χ1v) is 6.63. The number of halogens is 3. The van der Waals surface area contributed by atoms with E-state index in [4.69, 9.17) is 11.6 Å². The number of rotatable bonds is 3. The van der Waals surface area contributed by atoms with Crippen LogP contribution in [0.4, 0.5) is 8.78 Å². The van der Waals surface area contributed by atoms with Crippen LogP contribution in [0.1, 0.15) is 28.3 Å². The van der Waals surface area contributed by atoms with Crippen LogP contribution in [-0.2, 0) is 6.42 Å². The molecule has 0 saturated carbocycles. The molecule has 0 fully saturated rings. The zero-order valence-corrected chi connectivity index (χ0v) is 11.2. The first-order valence-electron chi connectivity index (χ1n) is 5.44. The number of aliphatic hydroxyl groups excluding tert-OH is 1. The zero-order valence-electron chi connectivity index (χ0n) is 9.58. The molecule has 0 bridgehead atoms. The lowest BCUT2D eigenvalue weighted by Crippen LogP contribution is -2.01. The Balaban J connectivity index is 2.39. The lowest BCUT2D eigenvalue weighted by Gasteiger charge is -2.10. The Kier molecular flexibility index (Phi) is 4.00. The van der Waals surface area contributed by atoms with Gasteiger partial charge < -0.3 is 5.11 Å². The van der Waals surface area contributed by atoms with Gasteiger partial charge in [-0.15, -0.1) is 11.3 Å². The molecule has 5 heteroatoms. The van der Waals surface area contributed by atoms with Gasteiger partial charge in [-0.3, -0.25) is 0 Å². The summed E-state index contributed by atoms with van der Waals surface area (Å²) in [7, 11) is 0. The highest BCUT2D eigenvalue weighted by atomic mass is 35.5. The van der Waals surface area contributed by atoms with Gasteiger partial charge >= 0.3 is 0 Å². The zero-order chi connectivity index (χ0) is 13.3. The molecule has 1 unspecified atom stereocenters. The van der Waals surface area contributed by atoms with Gasteiger partial charge in [-0.25, -0.2) is 8.78 Å². The number of aryl methyl sites for hydroxylation is 1. The van der Waals surface area contributed by atoms with Crippen molar-refractivity contribution in [1.29, 1.82) is 0 Å². The van der Waals surface area contributed by atoms with Gasteiger partial charge in [-0.2, -0.15) is 0 Å². The van der Waals surface area contributed by atoms with Crippen LogP contribution in [0.3, 0.4) is 0 Å². The number of hydrogen-bond donors (Lipinski definition) is 1. The van der Waals surface area contributed by atoms with Gasteiger partial charge in [0.15, 0.2) is 0 Å². The normalized spacial score (nSPS) is 12.7. The Labute approximate surface area is 113 Å². The van der Waals surface area contributed by atoms with Crippen LogP contribution in [0.5, 0.6) is 0 Å². The van der Waals surface area contributed by atoms with E-state index in [-0.39, 0.29) is 10.6 Å². The Hall–Kier alpha value is -0.970. The Morgan fingerprint density at radius 2 is 2.00 bits per heavy atom. The molecule has 0 spiro atoms. The maximum absolute atomic E-state index is 13.6. The minimum absolute atomic E-state index is 0.0959. The summed E-state index contributed by atoms with van der Waals surface area (Å²) in [6, 6.07) is 5.41. The molecule has 96 valence electrons. The maximum Gasteiger partial charge on any atom is 0.142 e. The molecule has 0 aliphatic carbocycles. The fraction of sp³-hybridized carbons (Fsp3) is 0.231. The van der Waals surface area contributed by atoms with Crippen LogP contribution < -0.4 is 0 Å². The molecule has 1 aromatic carbocycles. The van der Waals surface area contributed by atoms with Crippen molar-refractivity contribution in [2.75, 3.05) is 0 Å². The molecular weight excluding hydrogens is 278 g/mol. The fourth-order valence-electron chi connectivity index (χ4n) is 1.63. The van der Waals surface area contributed by atoms with Crippen molar-refractivity contribution in [1.82, 2.24) is 0 Å². The van der Waals surface area contributed by atoms with Gasteiger partial charge in [-0.1, -0.05) is 18.5 Å². The molecular formula is C13H11ClF2OS. The van der Waals surface area contributed by atoms with Crippen molar-refractivity contribution in [2.24, 2.45) is 0 Å². The lowest BCUT2D eigenvalue weighted by molar-refractivity contribution is 0.218. The van der Waals surface area contributed by atoms with Crippen molar-refractivity contribution >= 4 is 22.9 Å². The van der Waals surface area contributed by atoms with Crippen molar-refractivity contribution in [3.05, 3.63) is 56.2 Å². The van der Waals surface area contributed by atoms with E-state index >= 15 is 0 Å². The number of aliphatic hydroxyl groups is 1. The highest BCUT2D eigenvalue weighted by Gasteiger charge is 2.19. The molecule has 0 saturated heterocycles. The molecule has 1 atom stereocenters. The van der Waals surface area contributed by atoms with E-state index in [0.717, 1.165) is 23.4 Å². The van der Waals surface area contributed by atoms with Gasteiger partial charge in [0, 0.05) is 15.3 Å². The van der Waals surface area contributed by atoms with Gasteiger partial charge in [-0.05, 0) is 30.7 Å². The van der Waals surface area contributed by atoms with Crippen LogP contribution >= 0.6 is 22.9 Å². The third-order valence-electron chi connectivity index (χ3n) is 2.63. The van der Waals surface area contributed by atoms with E-state index < -0.39 is 17.7 Å². The van der Waals surface area contributed by atoms with E-state index in [9.17, 15) is 13.9 Å². The quantitative estimate of drug-likeness (QED) is 0.834. The lowest BCUT2D eigenvalue weighted by atomic mass is 10.1. The van der Waals surface area contributed by atoms with E-state index in [0.29, 0.717) is 4.88 Å². The highest BCUT2D eigenvalue weighted by molar-refractivity contribution is 7.12. The van der Waals surface area contributed by atoms with Gasteiger partial charge in [0.05, 0.1) is 5.02 Å². The topological polar surface area (TPSA) is 20.2 Å². The summed E-state index contributed by atoms with van der Waals surface area (Å²) in [5, 5.41) is 9.77. The SMILES string of the molecule is CCc1ccc(C(O)c2cc(F)c(Cl)cc2F)s1. The summed E-state index contributed by atoms with van der Waals surface area (Å²) < 4.78 is 26.9. The van der Waals surface area contributed by atoms with E-state index in [1.165, 1.54) is 11.3 Å². The number of benzene rings is 1.